The Hall–Kier alpha value is -2.34. The first-order chi connectivity index (χ1) is 10.2. The van der Waals surface area contributed by atoms with Crippen LogP contribution in [-0.2, 0) is 0 Å². The summed E-state index contributed by atoms with van der Waals surface area (Å²) in [6.07, 6.45) is 0. The summed E-state index contributed by atoms with van der Waals surface area (Å²) < 4.78 is 0. The molecule has 0 fully saturated rings. The zero-order valence-corrected chi connectivity index (χ0v) is 13.1. The van der Waals surface area contributed by atoms with E-state index in [4.69, 9.17) is 0 Å². The maximum Gasteiger partial charge on any atom is -0.0178 e. The van der Waals surface area contributed by atoms with E-state index in [0.717, 1.165) is 5.57 Å². The summed E-state index contributed by atoms with van der Waals surface area (Å²) in [5.41, 5.74) is 4.80. The SMILES string of the molecule is C=C(C)c1ccc(-c2ccc3ccccc3c2)cc1.CC. The summed E-state index contributed by atoms with van der Waals surface area (Å²) in [5, 5.41) is 2.56. The van der Waals surface area contributed by atoms with Gasteiger partial charge in [-0.3, -0.25) is 0 Å². The second-order valence-corrected chi connectivity index (χ2v) is 4.92. The molecule has 0 amide bonds. The van der Waals surface area contributed by atoms with Crippen molar-refractivity contribution < 1.29 is 0 Å². The first-order valence-electron chi connectivity index (χ1n) is 7.49. The van der Waals surface area contributed by atoms with Crippen LogP contribution in [0.4, 0.5) is 0 Å². The van der Waals surface area contributed by atoms with E-state index in [1.807, 2.05) is 20.8 Å². The smallest absolute Gasteiger partial charge is 0.0178 e. The lowest BCUT2D eigenvalue weighted by Crippen LogP contribution is -1.81. The van der Waals surface area contributed by atoms with Gasteiger partial charge >= 0.3 is 0 Å². The summed E-state index contributed by atoms with van der Waals surface area (Å²) >= 11 is 0. The predicted molar refractivity (Wildman–Crippen MR) is 95.4 cm³/mol. The maximum atomic E-state index is 3.97. The minimum Gasteiger partial charge on any atom is -0.0955 e. The summed E-state index contributed by atoms with van der Waals surface area (Å²) in [4.78, 5) is 0. The highest BCUT2D eigenvalue weighted by Crippen LogP contribution is 2.25. The summed E-state index contributed by atoms with van der Waals surface area (Å²) in [5.74, 6) is 0. The second-order valence-electron chi connectivity index (χ2n) is 4.92. The zero-order valence-electron chi connectivity index (χ0n) is 13.1. The van der Waals surface area contributed by atoms with Gasteiger partial charge in [0.15, 0.2) is 0 Å². The third kappa shape index (κ3) is 3.41. The normalized spacial score (nSPS) is 9.86. The van der Waals surface area contributed by atoms with Gasteiger partial charge in [0.1, 0.15) is 0 Å². The average molecular weight is 274 g/mol. The molecule has 0 N–H and O–H groups in total. The standard InChI is InChI=1S/C19H16.C2H6/c1-14(2)15-7-9-17(10-8-15)19-12-11-16-5-3-4-6-18(16)13-19;1-2/h3-13H,1H2,2H3;1-2H3. The van der Waals surface area contributed by atoms with Crippen molar-refractivity contribution in [1.82, 2.24) is 0 Å². The lowest BCUT2D eigenvalue weighted by atomic mass is 9.99. The molecule has 0 saturated heterocycles. The van der Waals surface area contributed by atoms with E-state index in [-0.39, 0.29) is 0 Å². The van der Waals surface area contributed by atoms with Crippen molar-refractivity contribution in [2.75, 3.05) is 0 Å². The second kappa shape index (κ2) is 6.90. The molecule has 3 rings (SSSR count). The molecule has 3 aromatic carbocycles. The van der Waals surface area contributed by atoms with Gasteiger partial charge in [0.25, 0.3) is 0 Å². The lowest BCUT2D eigenvalue weighted by molar-refractivity contribution is 1.50. The van der Waals surface area contributed by atoms with Crippen LogP contribution in [0.2, 0.25) is 0 Å². The molecule has 21 heavy (non-hydrogen) atoms. The van der Waals surface area contributed by atoms with Gasteiger partial charge in [-0.15, -0.1) is 0 Å². The Bertz CT molecular complexity index is 733. The van der Waals surface area contributed by atoms with E-state index >= 15 is 0 Å². The van der Waals surface area contributed by atoms with E-state index in [1.54, 1.807) is 0 Å². The molecule has 0 heterocycles. The third-order valence-electron chi connectivity index (χ3n) is 3.46. The Balaban J connectivity index is 0.000000774. The van der Waals surface area contributed by atoms with Gasteiger partial charge in [0, 0.05) is 0 Å². The topological polar surface area (TPSA) is 0 Å². The molecule has 0 atom stereocenters. The molecule has 0 unspecified atom stereocenters. The van der Waals surface area contributed by atoms with Gasteiger partial charge in [-0.1, -0.05) is 86.7 Å². The molecule has 0 radical (unpaired) electrons. The quantitative estimate of drug-likeness (QED) is 0.496. The van der Waals surface area contributed by atoms with E-state index < -0.39 is 0 Å². The molecule has 0 spiro atoms. The van der Waals surface area contributed by atoms with Crippen LogP contribution in [0, 0.1) is 0 Å². The molecule has 0 aliphatic heterocycles. The summed E-state index contributed by atoms with van der Waals surface area (Å²) in [7, 11) is 0. The first kappa shape index (κ1) is 15.1. The Morgan fingerprint density at radius 2 is 1.29 bits per heavy atom. The molecule has 0 aliphatic rings. The highest BCUT2D eigenvalue weighted by atomic mass is 14.0. The van der Waals surface area contributed by atoms with Crippen molar-refractivity contribution in [3.63, 3.8) is 0 Å². The van der Waals surface area contributed by atoms with Crippen molar-refractivity contribution in [2.24, 2.45) is 0 Å². The molecule has 0 aromatic heterocycles. The number of hydrogen-bond acceptors (Lipinski definition) is 0. The Morgan fingerprint density at radius 1 is 0.714 bits per heavy atom. The third-order valence-corrected chi connectivity index (χ3v) is 3.46. The van der Waals surface area contributed by atoms with Crippen molar-refractivity contribution in [3.8, 4) is 11.1 Å². The van der Waals surface area contributed by atoms with Crippen LogP contribution < -0.4 is 0 Å². The number of rotatable bonds is 2. The van der Waals surface area contributed by atoms with Gasteiger partial charge in [0.05, 0.1) is 0 Å². The molecule has 3 aromatic rings. The molecular formula is C21H22. The van der Waals surface area contributed by atoms with Crippen LogP contribution in [0.15, 0.2) is 73.3 Å². The number of allylic oxidation sites excluding steroid dienone is 1. The van der Waals surface area contributed by atoms with Crippen LogP contribution in [0.5, 0.6) is 0 Å². The van der Waals surface area contributed by atoms with E-state index in [2.05, 4.69) is 73.3 Å². The van der Waals surface area contributed by atoms with E-state index in [0.29, 0.717) is 0 Å². The number of benzene rings is 3. The maximum absolute atomic E-state index is 3.97. The fraction of sp³-hybridized carbons (Fsp3) is 0.143. The Labute approximate surface area is 127 Å². The molecule has 0 saturated carbocycles. The van der Waals surface area contributed by atoms with Crippen molar-refractivity contribution >= 4 is 16.3 Å². The van der Waals surface area contributed by atoms with Gasteiger partial charge in [-0.05, 0) is 40.5 Å². The van der Waals surface area contributed by atoms with Crippen molar-refractivity contribution in [2.45, 2.75) is 20.8 Å². The first-order valence-corrected chi connectivity index (χ1v) is 7.49. The van der Waals surface area contributed by atoms with Crippen molar-refractivity contribution in [3.05, 3.63) is 78.9 Å². The number of hydrogen-bond donors (Lipinski definition) is 0. The van der Waals surface area contributed by atoms with Gasteiger partial charge in [-0.2, -0.15) is 0 Å². The van der Waals surface area contributed by atoms with E-state index in [1.165, 1.54) is 27.5 Å². The monoisotopic (exact) mass is 274 g/mol. The zero-order chi connectivity index (χ0) is 15.2. The van der Waals surface area contributed by atoms with E-state index in [9.17, 15) is 0 Å². The molecule has 106 valence electrons. The minimum absolute atomic E-state index is 1.10. The highest BCUT2D eigenvalue weighted by Gasteiger charge is 2.00. The Kier molecular flexibility index (Phi) is 4.94. The van der Waals surface area contributed by atoms with Crippen LogP contribution in [0.25, 0.3) is 27.5 Å². The molecular weight excluding hydrogens is 252 g/mol. The van der Waals surface area contributed by atoms with Crippen LogP contribution in [0.3, 0.4) is 0 Å². The predicted octanol–water partition coefficient (Wildman–Crippen LogP) is 6.57. The average Bonchev–Trinajstić information content (AvgIpc) is 2.56. The van der Waals surface area contributed by atoms with Crippen LogP contribution >= 0.6 is 0 Å². The molecule has 0 nitrogen and oxygen atoms in total. The molecule has 0 heteroatoms. The molecule has 0 bridgehead atoms. The fourth-order valence-electron chi connectivity index (χ4n) is 2.32. The lowest BCUT2D eigenvalue weighted by Gasteiger charge is -2.06. The van der Waals surface area contributed by atoms with Crippen molar-refractivity contribution in [1.29, 1.82) is 0 Å². The van der Waals surface area contributed by atoms with Gasteiger partial charge < -0.3 is 0 Å². The number of fused-ring (bicyclic) bond motifs is 1. The summed E-state index contributed by atoms with van der Waals surface area (Å²) in [6.45, 7) is 10.0. The van der Waals surface area contributed by atoms with Gasteiger partial charge in [-0.25, -0.2) is 0 Å². The summed E-state index contributed by atoms with van der Waals surface area (Å²) in [6, 6.07) is 23.6. The largest absolute Gasteiger partial charge is 0.0955 e. The Morgan fingerprint density at radius 3 is 1.90 bits per heavy atom. The highest BCUT2D eigenvalue weighted by molar-refractivity contribution is 5.87. The van der Waals surface area contributed by atoms with Crippen LogP contribution in [-0.4, -0.2) is 0 Å². The minimum atomic E-state index is 1.10. The fourth-order valence-corrected chi connectivity index (χ4v) is 2.32. The molecule has 0 aliphatic carbocycles. The van der Waals surface area contributed by atoms with Crippen LogP contribution in [0.1, 0.15) is 26.3 Å². The van der Waals surface area contributed by atoms with Gasteiger partial charge in [0.2, 0.25) is 0 Å².